The Morgan fingerprint density at radius 1 is 1.23 bits per heavy atom. The third-order valence-corrected chi connectivity index (χ3v) is 6.69. The normalized spacial score (nSPS) is 21.0. The lowest BCUT2D eigenvalue weighted by Crippen LogP contribution is -2.47. The van der Waals surface area contributed by atoms with E-state index in [2.05, 4.69) is 32.7 Å². The zero-order valence-corrected chi connectivity index (χ0v) is 18.6. The molecule has 0 saturated carbocycles. The number of rotatable bonds is 6. The van der Waals surface area contributed by atoms with Crippen molar-refractivity contribution in [3.05, 3.63) is 41.4 Å². The summed E-state index contributed by atoms with van der Waals surface area (Å²) >= 11 is 1.68. The number of ether oxygens (including phenoxy) is 2. The summed E-state index contributed by atoms with van der Waals surface area (Å²) in [5.41, 5.74) is 2.21. The van der Waals surface area contributed by atoms with Crippen LogP contribution < -0.4 is 5.32 Å². The quantitative estimate of drug-likeness (QED) is 0.558. The summed E-state index contributed by atoms with van der Waals surface area (Å²) in [5, 5.41) is 6.66. The van der Waals surface area contributed by atoms with Gasteiger partial charge in [0.05, 0.1) is 31.1 Å². The van der Waals surface area contributed by atoms with Crippen LogP contribution in [0.4, 0.5) is 0 Å². The number of piperidine rings is 1. The van der Waals surface area contributed by atoms with E-state index in [1.165, 1.54) is 18.4 Å². The lowest BCUT2D eigenvalue weighted by molar-refractivity contribution is -0.0721. The fourth-order valence-electron chi connectivity index (χ4n) is 4.02. The van der Waals surface area contributed by atoms with Gasteiger partial charge in [0.25, 0.3) is 0 Å². The molecule has 0 bridgehead atoms. The minimum absolute atomic E-state index is 0.296. The van der Waals surface area contributed by atoms with E-state index in [0.717, 1.165) is 62.2 Å². The fourth-order valence-corrected chi connectivity index (χ4v) is 4.85. The molecular formula is C23H32N4O2S. The van der Waals surface area contributed by atoms with Gasteiger partial charge in [-0.2, -0.15) is 0 Å². The molecule has 1 atom stereocenters. The van der Waals surface area contributed by atoms with Gasteiger partial charge in [0.15, 0.2) is 5.96 Å². The van der Waals surface area contributed by atoms with Gasteiger partial charge in [0.2, 0.25) is 0 Å². The number of benzene rings is 1. The lowest BCUT2D eigenvalue weighted by atomic mass is 10.1. The number of hydrogen-bond acceptors (Lipinski definition) is 5. The number of guanidine groups is 1. The van der Waals surface area contributed by atoms with Crippen LogP contribution in [-0.2, 0) is 16.0 Å². The summed E-state index contributed by atoms with van der Waals surface area (Å²) in [5.74, 6) is 0.943. The molecule has 2 aliphatic rings. The zero-order valence-electron chi connectivity index (χ0n) is 17.8. The molecule has 1 N–H and O–H groups in total. The van der Waals surface area contributed by atoms with Crippen molar-refractivity contribution in [3.8, 4) is 10.6 Å². The predicted molar refractivity (Wildman–Crippen MR) is 122 cm³/mol. The van der Waals surface area contributed by atoms with Crippen molar-refractivity contribution >= 4 is 17.3 Å². The molecule has 4 rings (SSSR count). The molecule has 0 aliphatic carbocycles. The first-order chi connectivity index (χ1) is 14.8. The van der Waals surface area contributed by atoms with E-state index in [9.17, 15) is 0 Å². The molecule has 3 heterocycles. The molecule has 162 valence electrons. The minimum Gasteiger partial charge on any atom is -0.376 e. The first kappa shape index (κ1) is 21.3. The minimum atomic E-state index is 0.296. The van der Waals surface area contributed by atoms with Gasteiger partial charge in [-0.05, 0) is 32.1 Å². The third kappa shape index (κ3) is 5.80. The lowest BCUT2D eigenvalue weighted by Gasteiger charge is -2.35. The average molecular weight is 429 g/mol. The second-order valence-corrected chi connectivity index (χ2v) is 8.78. The van der Waals surface area contributed by atoms with Crippen molar-refractivity contribution in [1.82, 2.24) is 15.2 Å². The van der Waals surface area contributed by atoms with Gasteiger partial charge in [-0.25, -0.2) is 4.98 Å². The van der Waals surface area contributed by atoms with Crippen LogP contribution >= 0.6 is 11.3 Å². The molecule has 2 aromatic rings. The maximum absolute atomic E-state index is 6.14. The van der Waals surface area contributed by atoms with Crippen molar-refractivity contribution in [2.45, 2.75) is 50.9 Å². The SMILES string of the molecule is CN=C(NCc1csc(-c2ccccc2)n1)N1CCC(OCC2CCCCO2)CC1. The van der Waals surface area contributed by atoms with Gasteiger partial charge in [0, 0.05) is 37.7 Å². The highest BCUT2D eigenvalue weighted by atomic mass is 32.1. The molecule has 2 saturated heterocycles. The van der Waals surface area contributed by atoms with Crippen molar-refractivity contribution in [2.24, 2.45) is 4.99 Å². The molecule has 7 heteroatoms. The van der Waals surface area contributed by atoms with Crippen LogP contribution in [0.25, 0.3) is 10.6 Å². The second-order valence-electron chi connectivity index (χ2n) is 7.92. The van der Waals surface area contributed by atoms with Crippen molar-refractivity contribution < 1.29 is 9.47 Å². The average Bonchev–Trinajstić information content (AvgIpc) is 3.29. The highest BCUT2D eigenvalue weighted by Gasteiger charge is 2.23. The number of nitrogens with zero attached hydrogens (tertiary/aromatic N) is 3. The van der Waals surface area contributed by atoms with Crippen LogP contribution in [0, 0.1) is 0 Å². The molecule has 2 aliphatic heterocycles. The van der Waals surface area contributed by atoms with Gasteiger partial charge in [-0.1, -0.05) is 30.3 Å². The second kappa shape index (κ2) is 10.9. The maximum atomic E-state index is 6.14. The van der Waals surface area contributed by atoms with Crippen LogP contribution in [0.5, 0.6) is 0 Å². The Morgan fingerprint density at radius 3 is 2.80 bits per heavy atom. The molecule has 1 aromatic carbocycles. The van der Waals surface area contributed by atoms with Crippen molar-refractivity contribution in [2.75, 3.05) is 33.4 Å². The first-order valence-electron chi connectivity index (χ1n) is 11.0. The smallest absolute Gasteiger partial charge is 0.193 e. The van der Waals surface area contributed by atoms with Crippen molar-refractivity contribution in [1.29, 1.82) is 0 Å². The van der Waals surface area contributed by atoms with Crippen molar-refractivity contribution in [3.63, 3.8) is 0 Å². The third-order valence-electron chi connectivity index (χ3n) is 5.75. The highest BCUT2D eigenvalue weighted by molar-refractivity contribution is 7.13. The van der Waals surface area contributed by atoms with Crippen LogP contribution in [0.3, 0.4) is 0 Å². The summed E-state index contributed by atoms with van der Waals surface area (Å²) in [4.78, 5) is 11.6. The van der Waals surface area contributed by atoms with E-state index >= 15 is 0 Å². The number of likely N-dealkylation sites (tertiary alicyclic amines) is 1. The zero-order chi connectivity index (χ0) is 20.6. The van der Waals surface area contributed by atoms with Gasteiger partial charge in [-0.3, -0.25) is 4.99 Å². The summed E-state index contributed by atoms with van der Waals surface area (Å²) in [6, 6.07) is 10.3. The molecule has 30 heavy (non-hydrogen) atoms. The summed E-state index contributed by atoms with van der Waals surface area (Å²) < 4.78 is 11.9. The molecule has 2 fully saturated rings. The van der Waals surface area contributed by atoms with E-state index in [1.54, 1.807) is 11.3 Å². The van der Waals surface area contributed by atoms with Gasteiger partial charge in [0.1, 0.15) is 5.01 Å². The summed E-state index contributed by atoms with van der Waals surface area (Å²) in [6.45, 7) is 4.24. The number of aromatic nitrogens is 1. The van der Waals surface area contributed by atoms with E-state index in [1.807, 2.05) is 25.2 Å². The molecular weight excluding hydrogens is 396 g/mol. The summed E-state index contributed by atoms with van der Waals surface area (Å²) in [7, 11) is 1.85. The molecule has 6 nitrogen and oxygen atoms in total. The van der Waals surface area contributed by atoms with Gasteiger partial charge in [-0.15, -0.1) is 11.3 Å². The first-order valence-corrected chi connectivity index (χ1v) is 11.9. The maximum Gasteiger partial charge on any atom is 0.193 e. The molecule has 0 spiro atoms. The number of aliphatic imine (C=N–C) groups is 1. The van der Waals surface area contributed by atoms with E-state index in [4.69, 9.17) is 14.5 Å². The Kier molecular flexibility index (Phi) is 7.72. The van der Waals surface area contributed by atoms with Crippen LogP contribution in [0.1, 0.15) is 37.8 Å². The molecule has 0 radical (unpaired) electrons. The Morgan fingerprint density at radius 2 is 2.07 bits per heavy atom. The van der Waals surface area contributed by atoms with Crippen LogP contribution in [0.2, 0.25) is 0 Å². The monoisotopic (exact) mass is 428 g/mol. The highest BCUT2D eigenvalue weighted by Crippen LogP contribution is 2.23. The van der Waals surface area contributed by atoms with Gasteiger partial charge < -0.3 is 19.7 Å². The topological polar surface area (TPSA) is 59.0 Å². The molecule has 1 unspecified atom stereocenters. The van der Waals surface area contributed by atoms with E-state index in [-0.39, 0.29) is 0 Å². The predicted octanol–water partition coefficient (Wildman–Crippen LogP) is 3.94. The Bertz CT molecular complexity index is 797. The largest absolute Gasteiger partial charge is 0.376 e. The number of nitrogens with one attached hydrogen (secondary N) is 1. The summed E-state index contributed by atoms with van der Waals surface area (Å²) in [6.07, 6.45) is 6.28. The molecule has 1 aromatic heterocycles. The van der Waals surface area contributed by atoms with E-state index in [0.29, 0.717) is 18.8 Å². The standard InChI is InChI=1S/C23H32N4O2S/c1-24-23(25-15-19-17-30-22(26-19)18-7-3-2-4-8-18)27-12-10-20(11-13-27)29-16-21-9-5-6-14-28-21/h2-4,7-8,17,20-21H,5-6,9-16H2,1H3,(H,24,25). The fraction of sp³-hybridized carbons (Fsp3) is 0.565. The van der Waals surface area contributed by atoms with Crippen LogP contribution in [0.15, 0.2) is 40.7 Å². The Hall–Kier alpha value is -1.96. The molecule has 0 amide bonds. The number of hydrogen-bond donors (Lipinski definition) is 1. The van der Waals surface area contributed by atoms with E-state index < -0.39 is 0 Å². The Balaban J connectivity index is 1.21. The Labute approximate surface area is 183 Å². The number of thiazole rings is 1. The van der Waals surface area contributed by atoms with Crippen LogP contribution in [-0.4, -0.2) is 61.4 Å². The van der Waals surface area contributed by atoms with Gasteiger partial charge >= 0.3 is 0 Å².